The minimum Gasteiger partial charge on any atom is -0.446 e. The summed E-state index contributed by atoms with van der Waals surface area (Å²) >= 11 is 0. The molecule has 1 unspecified atom stereocenters. The fourth-order valence-electron chi connectivity index (χ4n) is 3.54. The summed E-state index contributed by atoms with van der Waals surface area (Å²) in [5.74, 6) is 1.57. The Labute approximate surface area is 151 Å². The first-order valence-electron chi connectivity index (χ1n) is 9.08. The van der Waals surface area contributed by atoms with Gasteiger partial charge in [0.15, 0.2) is 5.82 Å². The van der Waals surface area contributed by atoms with Gasteiger partial charge in [0, 0.05) is 17.6 Å². The average Bonchev–Trinajstić information content (AvgIpc) is 3.34. The van der Waals surface area contributed by atoms with Crippen LogP contribution in [-0.2, 0) is 4.74 Å². The molecule has 26 heavy (non-hydrogen) atoms. The van der Waals surface area contributed by atoms with E-state index >= 15 is 0 Å². The standard InChI is InChI=1S/C21H19N3O2/c1-2-7-14(8-3-1)20-23-18-16-10-4-5-11-17(16)26-19(18)21(24-20)22-13-15-9-6-12-25-15/h1-5,7-8,10-11,15H,6,9,12-13H2,(H,22,23,24)/p+1. The Bertz CT molecular complexity index is 1050. The van der Waals surface area contributed by atoms with E-state index in [1.807, 2.05) is 54.6 Å². The van der Waals surface area contributed by atoms with Crippen molar-refractivity contribution in [1.29, 1.82) is 0 Å². The van der Waals surface area contributed by atoms with Crippen molar-refractivity contribution in [2.24, 2.45) is 0 Å². The summed E-state index contributed by atoms with van der Waals surface area (Å²) in [6.07, 6.45) is 2.53. The molecule has 1 saturated heterocycles. The number of fused-ring (bicyclic) bond motifs is 3. The van der Waals surface area contributed by atoms with E-state index < -0.39 is 0 Å². The van der Waals surface area contributed by atoms with Gasteiger partial charge in [-0.25, -0.2) is 4.98 Å². The summed E-state index contributed by atoms with van der Waals surface area (Å²) in [6.45, 7) is 1.70. The van der Waals surface area contributed by atoms with Gasteiger partial charge in [0.05, 0.1) is 0 Å². The highest BCUT2D eigenvalue weighted by atomic mass is 16.5. The Hall–Kier alpha value is -2.76. The molecule has 130 valence electrons. The van der Waals surface area contributed by atoms with Gasteiger partial charge in [-0.2, -0.15) is 4.98 Å². The van der Waals surface area contributed by atoms with Crippen LogP contribution in [0.2, 0.25) is 0 Å². The fraction of sp³-hybridized carbons (Fsp3) is 0.238. The van der Waals surface area contributed by atoms with Crippen molar-refractivity contribution in [2.45, 2.75) is 18.9 Å². The predicted octanol–water partition coefficient (Wildman–Crippen LogP) is 3.42. The van der Waals surface area contributed by atoms with Crippen LogP contribution in [0.5, 0.6) is 0 Å². The smallest absolute Gasteiger partial charge is 0.272 e. The number of hydrogen-bond acceptors (Lipinski definition) is 4. The van der Waals surface area contributed by atoms with Gasteiger partial charge in [-0.05, 0) is 25.0 Å². The highest BCUT2D eigenvalue weighted by Gasteiger charge is 2.22. The molecule has 3 heterocycles. The van der Waals surface area contributed by atoms with Gasteiger partial charge in [-0.3, -0.25) is 5.32 Å². The van der Waals surface area contributed by atoms with E-state index in [2.05, 4.69) is 5.32 Å². The molecule has 1 aliphatic rings. The van der Waals surface area contributed by atoms with Crippen LogP contribution in [-0.4, -0.2) is 29.2 Å². The first kappa shape index (κ1) is 15.5. The number of ether oxygens (including phenoxy) is 1. The number of nitrogens with two attached hydrogens (primary N) is 1. The second-order valence-corrected chi connectivity index (χ2v) is 6.65. The number of nitrogens with zero attached hydrogens (tertiary/aromatic N) is 2. The van der Waals surface area contributed by atoms with Crippen molar-refractivity contribution in [3.8, 4) is 11.4 Å². The van der Waals surface area contributed by atoms with E-state index in [-0.39, 0.29) is 6.10 Å². The Morgan fingerprint density at radius 3 is 2.69 bits per heavy atom. The van der Waals surface area contributed by atoms with Crippen LogP contribution in [0.25, 0.3) is 33.5 Å². The van der Waals surface area contributed by atoms with Crippen LogP contribution >= 0.6 is 0 Å². The van der Waals surface area contributed by atoms with Crippen LogP contribution in [0.1, 0.15) is 12.8 Å². The van der Waals surface area contributed by atoms with Crippen LogP contribution in [0, 0.1) is 0 Å². The molecule has 0 saturated carbocycles. The number of furan rings is 1. The number of quaternary nitrogens is 1. The molecule has 5 heteroatoms. The largest absolute Gasteiger partial charge is 0.446 e. The summed E-state index contributed by atoms with van der Waals surface area (Å²) in [6, 6.07) is 18.1. The van der Waals surface area contributed by atoms with Crippen molar-refractivity contribution in [3.05, 3.63) is 54.6 Å². The lowest BCUT2D eigenvalue weighted by Crippen LogP contribution is -2.81. The molecule has 0 amide bonds. The summed E-state index contributed by atoms with van der Waals surface area (Å²) in [7, 11) is 0. The summed E-state index contributed by atoms with van der Waals surface area (Å²) in [5.41, 5.74) is 3.47. The molecule has 1 aliphatic heterocycles. The summed E-state index contributed by atoms with van der Waals surface area (Å²) in [5, 5.41) is 3.16. The maximum atomic E-state index is 6.09. The van der Waals surface area contributed by atoms with Crippen molar-refractivity contribution in [2.75, 3.05) is 13.2 Å². The number of benzene rings is 2. The first-order chi connectivity index (χ1) is 12.9. The molecular formula is C21H20N3O2+. The van der Waals surface area contributed by atoms with Gasteiger partial charge in [0.25, 0.3) is 5.82 Å². The summed E-state index contributed by atoms with van der Waals surface area (Å²) in [4.78, 5) is 9.63. The molecule has 2 aromatic heterocycles. The molecule has 0 bridgehead atoms. The highest BCUT2D eigenvalue weighted by Crippen LogP contribution is 2.31. The molecule has 5 nitrogen and oxygen atoms in total. The van der Waals surface area contributed by atoms with Gasteiger partial charge in [-0.15, -0.1) is 0 Å². The van der Waals surface area contributed by atoms with Crippen LogP contribution in [0.15, 0.2) is 59.0 Å². The monoisotopic (exact) mass is 346 g/mol. The minimum atomic E-state index is 0.282. The Kier molecular flexibility index (Phi) is 3.88. The second kappa shape index (κ2) is 6.52. The molecule has 1 fully saturated rings. The SMILES string of the molecule is c1ccc(-c2nc([NH2+]CC3CCCO3)c3oc4ccccc4c3n2)cc1. The van der Waals surface area contributed by atoms with E-state index in [1.165, 1.54) is 0 Å². The molecule has 0 aliphatic carbocycles. The third kappa shape index (κ3) is 2.75. The zero-order chi connectivity index (χ0) is 17.3. The van der Waals surface area contributed by atoms with Crippen molar-refractivity contribution in [1.82, 2.24) is 9.97 Å². The Morgan fingerprint density at radius 1 is 1.00 bits per heavy atom. The normalized spacial score (nSPS) is 17.3. The molecule has 0 radical (unpaired) electrons. The number of hydrogen-bond donors (Lipinski definition) is 1. The first-order valence-corrected chi connectivity index (χ1v) is 9.08. The Morgan fingerprint density at radius 2 is 1.85 bits per heavy atom. The minimum absolute atomic E-state index is 0.282. The summed E-state index contributed by atoms with van der Waals surface area (Å²) < 4.78 is 11.8. The van der Waals surface area contributed by atoms with E-state index in [9.17, 15) is 0 Å². The predicted molar refractivity (Wildman–Crippen MR) is 100 cm³/mol. The van der Waals surface area contributed by atoms with Gasteiger partial charge in [0.1, 0.15) is 23.7 Å². The number of rotatable bonds is 4. The van der Waals surface area contributed by atoms with Crippen LogP contribution < -0.4 is 5.32 Å². The fourth-order valence-corrected chi connectivity index (χ4v) is 3.54. The maximum Gasteiger partial charge on any atom is 0.272 e. The van der Waals surface area contributed by atoms with E-state index in [0.29, 0.717) is 0 Å². The molecule has 4 aromatic rings. The third-order valence-electron chi connectivity index (χ3n) is 4.88. The number of aromatic nitrogens is 2. The van der Waals surface area contributed by atoms with E-state index in [1.54, 1.807) is 0 Å². The van der Waals surface area contributed by atoms with Gasteiger partial charge in [-0.1, -0.05) is 42.5 Å². The molecule has 0 spiro atoms. The molecule has 1 atom stereocenters. The lowest BCUT2D eigenvalue weighted by Gasteiger charge is -2.08. The molecular weight excluding hydrogens is 326 g/mol. The topological polar surface area (TPSA) is 64.8 Å². The molecule has 2 aromatic carbocycles. The molecule has 2 N–H and O–H groups in total. The zero-order valence-electron chi connectivity index (χ0n) is 14.4. The lowest BCUT2D eigenvalue weighted by molar-refractivity contribution is -0.581. The van der Waals surface area contributed by atoms with E-state index in [0.717, 1.165) is 65.3 Å². The van der Waals surface area contributed by atoms with Crippen molar-refractivity contribution >= 4 is 27.9 Å². The maximum absolute atomic E-state index is 6.09. The van der Waals surface area contributed by atoms with Crippen LogP contribution in [0.4, 0.5) is 5.82 Å². The third-order valence-corrected chi connectivity index (χ3v) is 4.88. The molecule has 5 rings (SSSR count). The second-order valence-electron chi connectivity index (χ2n) is 6.65. The lowest BCUT2D eigenvalue weighted by atomic mass is 10.2. The van der Waals surface area contributed by atoms with Crippen molar-refractivity contribution < 1.29 is 14.5 Å². The van der Waals surface area contributed by atoms with Gasteiger partial charge in [0.2, 0.25) is 5.58 Å². The van der Waals surface area contributed by atoms with Crippen LogP contribution in [0.3, 0.4) is 0 Å². The highest BCUT2D eigenvalue weighted by molar-refractivity contribution is 6.05. The van der Waals surface area contributed by atoms with E-state index in [4.69, 9.17) is 19.1 Å². The van der Waals surface area contributed by atoms with Gasteiger partial charge < -0.3 is 9.15 Å². The van der Waals surface area contributed by atoms with Crippen molar-refractivity contribution in [3.63, 3.8) is 0 Å². The van der Waals surface area contributed by atoms with Gasteiger partial charge >= 0.3 is 0 Å². The Balaban J connectivity index is 1.64. The average molecular weight is 346 g/mol. The zero-order valence-corrected chi connectivity index (χ0v) is 14.4. The number of para-hydroxylation sites is 1. The quantitative estimate of drug-likeness (QED) is 0.615.